The molecule has 2 rings (SSSR count). The summed E-state index contributed by atoms with van der Waals surface area (Å²) in [6.07, 6.45) is 0. The minimum atomic E-state index is 0.438. The Bertz CT molecular complexity index is 567. The predicted molar refractivity (Wildman–Crippen MR) is 92.0 cm³/mol. The normalized spacial score (nSPS) is 10.9. The summed E-state index contributed by atoms with van der Waals surface area (Å²) in [5.41, 5.74) is 3.63. The number of benzene rings is 2. The van der Waals surface area contributed by atoms with Crippen LogP contribution >= 0.6 is 11.6 Å². The SMILES string of the molecule is CC(C)NCc1c(Cl)cccc1N(C)Cc1ccccc1. The Hall–Kier alpha value is -1.51. The van der Waals surface area contributed by atoms with Crippen LogP contribution in [0.3, 0.4) is 0 Å². The van der Waals surface area contributed by atoms with Crippen molar-refractivity contribution in [2.45, 2.75) is 33.0 Å². The number of nitrogens with zero attached hydrogens (tertiary/aromatic N) is 1. The van der Waals surface area contributed by atoms with Gasteiger partial charge < -0.3 is 10.2 Å². The first-order valence-electron chi connectivity index (χ1n) is 7.33. The van der Waals surface area contributed by atoms with Crippen LogP contribution in [-0.2, 0) is 13.1 Å². The Balaban J connectivity index is 2.19. The van der Waals surface area contributed by atoms with Gasteiger partial charge in [-0.2, -0.15) is 0 Å². The smallest absolute Gasteiger partial charge is 0.0471 e. The minimum Gasteiger partial charge on any atom is -0.370 e. The van der Waals surface area contributed by atoms with Gasteiger partial charge in [-0.3, -0.25) is 0 Å². The highest BCUT2D eigenvalue weighted by Gasteiger charge is 2.11. The van der Waals surface area contributed by atoms with Crippen molar-refractivity contribution in [3.63, 3.8) is 0 Å². The van der Waals surface area contributed by atoms with E-state index < -0.39 is 0 Å². The third-order valence-corrected chi connectivity index (χ3v) is 3.81. The molecule has 0 unspecified atom stereocenters. The molecule has 2 nitrogen and oxygen atoms in total. The van der Waals surface area contributed by atoms with Gasteiger partial charge >= 0.3 is 0 Å². The number of hydrogen-bond acceptors (Lipinski definition) is 2. The quantitative estimate of drug-likeness (QED) is 0.846. The molecule has 0 heterocycles. The molecule has 1 N–H and O–H groups in total. The van der Waals surface area contributed by atoms with Crippen molar-refractivity contribution in [1.29, 1.82) is 0 Å². The molecule has 0 aliphatic heterocycles. The lowest BCUT2D eigenvalue weighted by Gasteiger charge is -2.24. The summed E-state index contributed by atoms with van der Waals surface area (Å²) in [5.74, 6) is 0. The molecule has 0 spiro atoms. The monoisotopic (exact) mass is 302 g/mol. The maximum absolute atomic E-state index is 6.39. The van der Waals surface area contributed by atoms with Crippen LogP contribution < -0.4 is 10.2 Å². The molecule has 0 atom stereocenters. The second kappa shape index (κ2) is 7.48. The molecule has 2 aromatic carbocycles. The zero-order chi connectivity index (χ0) is 15.2. The zero-order valence-electron chi connectivity index (χ0n) is 12.9. The van der Waals surface area contributed by atoms with Crippen LogP contribution in [0.1, 0.15) is 25.0 Å². The highest BCUT2D eigenvalue weighted by Crippen LogP contribution is 2.28. The van der Waals surface area contributed by atoms with Crippen molar-refractivity contribution in [3.8, 4) is 0 Å². The molecule has 0 saturated heterocycles. The highest BCUT2D eigenvalue weighted by molar-refractivity contribution is 6.31. The van der Waals surface area contributed by atoms with E-state index in [0.717, 1.165) is 23.7 Å². The average molecular weight is 303 g/mol. The van der Waals surface area contributed by atoms with Crippen molar-refractivity contribution < 1.29 is 0 Å². The fraction of sp³-hybridized carbons (Fsp3) is 0.333. The van der Waals surface area contributed by atoms with Gasteiger partial charge in [0, 0.05) is 42.5 Å². The largest absolute Gasteiger partial charge is 0.370 e. The fourth-order valence-corrected chi connectivity index (χ4v) is 2.56. The van der Waals surface area contributed by atoms with E-state index in [0.29, 0.717) is 6.04 Å². The van der Waals surface area contributed by atoms with Gasteiger partial charge in [-0.1, -0.05) is 61.8 Å². The number of anilines is 1. The Labute approximate surface area is 132 Å². The van der Waals surface area contributed by atoms with Crippen LogP contribution in [0.4, 0.5) is 5.69 Å². The predicted octanol–water partition coefficient (Wildman–Crippen LogP) is 4.47. The molecule has 0 aromatic heterocycles. The van der Waals surface area contributed by atoms with Crippen LogP contribution in [-0.4, -0.2) is 13.1 Å². The maximum Gasteiger partial charge on any atom is 0.0471 e. The molecule has 21 heavy (non-hydrogen) atoms. The van der Waals surface area contributed by atoms with Crippen LogP contribution in [0.15, 0.2) is 48.5 Å². The van der Waals surface area contributed by atoms with E-state index in [2.05, 4.69) is 61.4 Å². The van der Waals surface area contributed by atoms with Crippen molar-refractivity contribution in [3.05, 3.63) is 64.7 Å². The first-order valence-corrected chi connectivity index (χ1v) is 7.71. The third kappa shape index (κ3) is 4.48. The fourth-order valence-electron chi connectivity index (χ4n) is 2.33. The first kappa shape index (κ1) is 15.9. The van der Waals surface area contributed by atoms with Crippen molar-refractivity contribution in [2.75, 3.05) is 11.9 Å². The summed E-state index contributed by atoms with van der Waals surface area (Å²) in [7, 11) is 2.11. The Kier molecular flexibility index (Phi) is 5.66. The van der Waals surface area contributed by atoms with Gasteiger partial charge in [-0.15, -0.1) is 0 Å². The molecule has 0 bridgehead atoms. The summed E-state index contributed by atoms with van der Waals surface area (Å²) in [5, 5.41) is 4.27. The van der Waals surface area contributed by atoms with Gasteiger partial charge in [0.05, 0.1) is 0 Å². The average Bonchev–Trinajstić information content (AvgIpc) is 2.46. The summed E-state index contributed by atoms with van der Waals surface area (Å²) >= 11 is 6.39. The van der Waals surface area contributed by atoms with Gasteiger partial charge in [0.2, 0.25) is 0 Å². The molecule has 0 saturated carbocycles. The van der Waals surface area contributed by atoms with E-state index in [-0.39, 0.29) is 0 Å². The van der Waals surface area contributed by atoms with Crippen molar-refractivity contribution in [1.82, 2.24) is 5.32 Å². The highest BCUT2D eigenvalue weighted by atomic mass is 35.5. The number of hydrogen-bond donors (Lipinski definition) is 1. The van der Waals surface area contributed by atoms with E-state index in [9.17, 15) is 0 Å². The van der Waals surface area contributed by atoms with E-state index in [1.54, 1.807) is 0 Å². The van der Waals surface area contributed by atoms with E-state index in [4.69, 9.17) is 11.6 Å². The zero-order valence-corrected chi connectivity index (χ0v) is 13.7. The Morgan fingerprint density at radius 1 is 1.05 bits per heavy atom. The lowest BCUT2D eigenvalue weighted by Crippen LogP contribution is -2.25. The van der Waals surface area contributed by atoms with Crippen LogP contribution in [0.25, 0.3) is 0 Å². The molecule has 0 fully saturated rings. The second-order valence-corrected chi connectivity index (χ2v) is 6.02. The minimum absolute atomic E-state index is 0.438. The van der Waals surface area contributed by atoms with Gasteiger partial charge in [0.25, 0.3) is 0 Å². The first-order chi connectivity index (χ1) is 10.1. The topological polar surface area (TPSA) is 15.3 Å². The lowest BCUT2D eigenvalue weighted by atomic mass is 10.1. The molecule has 3 heteroatoms. The molecule has 0 aliphatic rings. The number of nitrogens with one attached hydrogen (secondary N) is 1. The van der Waals surface area contributed by atoms with Crippen LogP contribution in [0.2, 0.25) is 5.02 Å². The molecular formula is C18H23ClN2. The summed E-state index contributed by atoms with van der Waals surface area (Å²) in [4.78, 5) is 2.25. The summed E-state index contributed by atoms with van der Waals surface area (Å²) < 4.78 is 0. The van der Waals surface area contributed by atoms with Gasteiger partial charge in [-0.25, -0.2) is 0 Å². The van der Waals surface area contributed by atoms with Gasteiger partial charge in [0.1, 0.15) is 0 Å². The van der Waals surface area contributed by atoms with Crippen molar-refractivity contribution >= 4 is 17.3 Å². The molecular weight excluding hydrogens is 280 g/mol. The lowest BCUT2D eigenvalue weighted by molar-refractivity contribution is 0.588. The summed E-state index contributed by atoms with van der Waals surface area (Å²) in [6, 6.07) is 17.0. The van der Waals surface area contributed by atoms with E-state index in [1.807, 2.05) is 18.2 Å². The van der Waals surface area contributed by atoms with E-state index >= 15 is 0 Å². The Morgan fingerprint density at radius 3 is 2.43 bits per heavy atom. The van der Waals surface area contributed by atoms with E-state index in [1.165, 1.54) is 11.3 Å². The Morgan fingerprint density at radius 2 is 1.76 bits per heavy atom. The maximum atomic E-state index is 6.39. The molecule has 0 aliphatic carbocycles. The van der Waals surface area contributed by atoms with Gasteiger partial charge in [0.15, 0.2) is 0 Å². The molecule has 2 aromatic rings. The standard InChI is InChI=1S/C18H23ClN2/c1-14(2)20-12-16-17(19)10-7-11-18(16)21(3)13-15-8-5-4-6-9-15/h4-11,14,20H,12-13H2,1-3H3. The van der Waals surface area contributed by atoms with Gasteiger partial charge in [-0.05, 0) is 17.7 Å². The second-order valence-electron chi connectivity index (χ2n) is 5.61. The molecule has 112 valence electrons. The number of rotatable bonds is 6. The summed E-state index contributed by atoms with van der Waals surface area (Å²) in [6.45, 7) is 5.94. The van der Waals surface area contributed by atoms with Crippen LogP contribution in [0, 0.1) is 0 Å². The van der Waals surface area contributed by atoms with Crippen molar-refractivity contribution in [2.24, 2.45) is 0 Å². The third-order valence-electron chi connectivity index (χ3n) is 3.46. The van der Waals surface area contributed by atoms with Crippen LogP contribution in [0.5, 0.6) is 0 Å². The molecule has 0 amide bonds. The number of halogens is 1. The molecule has 0 radical (unpaired) electrons.